The molecule has 0 unspecified atom stereocenters. The third kappa shape index (κ3) is 4.54. The molecule has 3 aromatic rings. The summed E-state index contributed by atoms with van der Waals surface area (Å²) in [6, 6.07) is 17.9. The Labute approximate surface area is 157 Å². The van der Waals surface area contributed by atoms with Gasteiger partial charge in [-0.2, -0.15) is 0 Å². The van der Waals surface area contributed by atoms with E-state index in [1.54, 1.807) is 0 Å². The maximum atomic E-state index is 11.6. The fourth-order valence-corrected chi connectivity index (χ4v) is 3.34. The molecule has 0 radical (unpaired) electrons. The zero-order chi connectivity index (χ0) is 19.2. The number of fused-ring (bicyclic) bond motifs is 2. The first kappa shape index (κ1) is 18.7. The Balaban J connectivity index is 1.83. The topological polar surface area (TPSA) is 114 Å². The van der Waals surface area contributed by atoms with E-state index >= 15 is 0 Å². The lowest BCUT2D eigenvalue weighted by Crippen LogP contribution is -2.36. The Morgan fingerprint density at radius 2 is 1.63 bits per heavy atom. The van der Waals surface area contributed by atoms with Gasteiger partial charge < -0.3 is 21.9 Å². The Hall–Kier alpha value is -3.12. The number of hydrogen-bond donors (Lipinski definition) is 4. The second-order valence-corrected chi connectivity index (χ2v) is 6.52. The van der Waals surface area contributed by atoms with Gasteiger partial charge >= 0.3 is 5.97 Å². The molecule has 0 spiro atoms. The lowest BCUT2D eigenvalue weighted by Gasteiger charge is -2.17. The first-order valence-corrected chi connectivity index (χ1v) is 8.97. The van der Waals surface area contributed by atoms with Gasteiger partial charge in [0.25, 0.3) is 0 Å². The molecule has 6 N–H and O–H groups in total. The predicted octanol–water partition coefficient (Wildman–Crippen LogP) is 2.59. The zero-order valence-corrected chi connectivity index (χ0v) is 15.1. The van der Waals surface area contributed by atoms with Crippen LogP contribution in [0.25, 0.3) is 21.5 Å². The lowest BCUT2D eigenvalue weighted by molar-refractivity contribution is -0.139. The highest BCUT2D eigenvalue weighted by molar-refractivity contribution is 6.02. The van der Waals surface area contributed by atoms with Crippen molar-refractivity contribution in [3.63, 3.8) is 0 Å². The van der Waals surface area contributed by atoms with Crippen LogP contribution < -0.4 is 16.8 Å². The van der Waals surface area contributed by atoms with Crippen molar-refractivity contribution in [2.75, 3.05) is 6.54 Å². The van der Waals surface area contributed by atoms with E-state index in [0.29, 0.717) is 25.9 Å². The van der Waals surface area contributed by atoms with Crippen LogP contribution in [0.1, 0.15) is 18.4 Å². The number of aliphatic imine (C=N–C) groups is 1. The van der Waals surface area contributed by atoms with E-state index in [1.165, 1.54) is 0 Å². The van der Waals surface area contributed by atoms with E-state index in [2.05, 4.69) is 40.6 Å². The van der Waals surface area contributed by atoms with Crippen molar-refractivity contribution in [2.45, 2.75) is 25.4 Å². The molecular weight excluding hydrogens is 340 g/mol. The van der Waals surface area contributed by atoms with Gasteiger partial charge in [-0.15, -0.1) is 0 Å². The molecule has 3 aromatic carbocycles. The van der Waals surface area contributed by atoms with Crippen LogP contribution in [0, 0.1) is 0 Å². The second kappa shape index (κ2) is 8.51. The number of carboxylic acids is 1. The Kier molecular flexibility index (Phi) is 5.88. The van der Waals surface area contributed by atoms with Crippen LogP contribution in [0.4, 0.5) is 0 Å². The van der Waals surface area contributed by atoms with Crippen LogP contribution >= 0.6 is 0 Å². The first-order valence-electron chi connectivity index (χ1n) is 8.97. The monoisotopic (exact) mass is 364 g/mol. The first-order chi connectivity index (χ1) is 13.1. The van der Waals surface area contributed by atoms with E-state index in [1.807, 2.05) is 24.3 Å². The van der Waals surface area contributed by atoms with Crippen LogP contribution in [-0.2, 0) is 11.3 Å². The molecule has 6 heteroatoms. The van der Waals surface area contributed by atoms with Crippen molar-refractivity contribution >= 4 is 33.5 Å². The average Bonchev–Trinajstić information content (AvgIpc) is 2.65. The standard InChI is InChI=1S/C21H24N4O2/c22-21(23)24-11-5-10-19(20(26)27)25-13-18-16-8-3-1-6-14(16)12-15-7-2-4-9-17(15)18/h1-4,6-9,12,19,25H,5,10-11,13H2,(H,26,27)(H4,22,23,24)/t19-/m0/s1. The number of carbonyl (C=O) groups is 1. The molecule has 0 aliphatic heterocycles. The van der Waals surface area contributed by atoms with Gasteiger partial charge in [-0.05, 0) is 46.0 Å². The number of nitrogens with zero attached hydrogens (tertiary/aromatic N) is 1. The molecule has 0 amide bonds. The number of hydrogen-bond acceptors (Lipinski definition) is 3. The summed E-state index contributed by atoms with van der Waals surface area (Å²) < 4.78 is 0. The molecule has 140 valence electrons. The molecule has 0 saturated heterocycles. The molecule has 1 atom stereocenters. The van der Waals surface area contributed by atoms with Crippen LogP contribution in [0.2, 0.25) is 0 Å². The van der Waals surface area contributed by atoms with E-state index in [0.717, 1.165) is 27.1 Å². The molecule has 0 heterocycles. The minimum absolute atomic E-state index is 0.0251. The summed E-state index contributed by atoms with van der Waals surface area (Å²) in [5, 5.41) is 17.3. The highest BCUT2D eigenvalue weighted by Crippen LogP contribution is 2.28. The highest BCUT2D eigenvalue weighted by atomic mass is 16.4. The third-order valence-corrected chi connectivity index (χ3v) is 4.65. The summed E-state index contributed by atoms with van der Waals surface area (Å²) in [5.41, 5.74) is 11.7. The quantitative estimate of drug-likeness (QED) is 0.212. The van der Waals surface area contributed by atoms with Crippen LogP contribution in [0.15, 0.2) is 59.6 Å². The summed E-state index contributed by atoms with van der Waals surface area (Å²) in [5.74, 6) is -0.846. The predicted molar refractivity (Wildman–Crippen MR) is 110 cm³/mol. The van der Waals surface area contributed by atoms with Crippen molar-refractivity contribution in [1.82, 2.24) is 5.32 Å². The van der Waals surface area contributed by atoms with E-state index in [4.69, 9.17) is 11.5 Å². The van der Waals surface area contributed by atoms with Gasteiger partial charge in [-0.3, -0.25) is 9.79 Å². The summed E-state index contributed by atoms with van der Waals surface area (Å²) >= 11 is 0. The molecule has 0 aromatic heterocycles. The summed E-state index contributed by atoms with van der Waals surface area (Å²) in [6.45, 7) is 0.895. The summed E-state index contributed by atoms with van der Waals surface area (Å²) in [7, 11) is 0. The van der Waals surface area contributed by atoms with Gasteiger partial charge in [-0.1, -0.05) is 48.5 Å². The number of nitrogens with two attached hydrogens (primary N) is 2. The number of benzene rings is 3. The smallest absolute Gasteiger partial charge is 0.320 e. The van der Waals surface area contributed by atoms with Crippen molar-refractivity contribution < 1.29 is 9.90 Å². The second-order valence-electron chi connectivity index (χ2n) is 6.52. The molecule has 3 rings (SSSR count). The number of rotatable bonds is 8. The maximum Gasteiger partial charge on any atom is 0.320 e. The third-order valence-electron chi connectivity index (χ3n) is 4.65. The largest absolute Gasteiger partial charge is 0.480 e. The maximum absolute atomic E-state index is 11.6. The molecule has 0 bridgehead atoms. The van der Waals surface area contributed by atoms with Crippen molar-refractivity contribution in [2.24, 2.45) is 16.5 Å². The van der Waals surface area contributed by atoms with Gasteiger partial charge in [0, 0.05) is 13.1 Å². The number of guanidine groups is 1. The Morgan fingerprint density at radius 1 is 1.04 bits per heavy atom. The minimum Gasteiger partial charge on any atom is -0.480 e. The van der Waals surface area contributed by atoms with Gasteiger partial charge in [0.15, 0.2) is 5.96 Å². The molecule has 0 saturated carbocycles. The number of aliphatic carboxylic acids is 1. The number of nitrogens with one attached hydrogen (secondary N) is 1. The van der Waals surface area contributed by atoms with E-state index < -0.39 is 12.0 Å². The van der Waals surface area contributed by atoms with Crippen molar-refractivity contribution in [1.29, 1.82) is 0 Å². The van der Waals surface area contributed by atoms with Gasteiger partial charge in [-0.25, -0.2) is 0 Å². The Morgan fingerprint density at radius 3 is 2.19 bits per heavy atom. The summed E-state index contributed by atoms with van der Waals surface area (Å²) in [6.07, 6.45) is 1.05. The van der Waals surface area contributed by atoms with Crippen molar-refractivity contribution in [3.05, 3.63) is 60.2 Å². The van der Waals surface area contributed by atoms with Crippen LogP contribution in [0.5, 0.6) is 0 Å². The normalized spacial score (nSPS) is 12.1. The fourth-order valence-electron chi connectivity index (χ4n) is 3.34. The minimum atomic E-state index is -0.871. The molecule has 0 fully saturated rings. The lowest BCUT2D eigenvalue weighted by atomic mass is 9.96. The van der Waals surface area contributed by atoms with Gasteiger partial charge in [0.2, 0.25) is 0 Å². The summed E-state index contributed by atoms with van der Waals surface area (Å²) in [4.78, 5) is 15.5. The highest BCUT2D eigenvalue weighted by Gasteiger charge is 2.17. The van der Waals surface area contributed by atoms with Crippen LogP contribution in [0.3, 0.4) is 0 Å². The Bertz CT molecular complexity index is 926. The van der Waals surface area contributed by atoms with Crippen LogP contribution in [-0.4, -0.2) is 29.6 Å². The van der Waals surface area contributed by atoms with Gasteiger partial charge in [0.1, 0.15) is 6.04 Å². The fraction of sp³-hybridized carbons (Fsp3) is 0.238. The van der Waals surface area contributed by atoms with E-state index in [-0.39, 0.29) is 5.96 Å². The molecule has 0 aliphatic rings. The SMILES string of the molecule is NC(N)=NCCC[C@H](NCc1c2ccccc2cc2ccccc12)C(=O)O. The van der Waals surface area contributed by atoms with E-state index in [9.17, 15) is 9.90 Å². The molecular formula is C21H24N4O2. The molecule has 27 heavy (non-hydrogen) atoms. The molecule has 0 aliphatic carbocycles. The number of carboxylic acid groups (broad SMARTS) is 1. The van der Waals surface area contributed by atoms with Gasteiger partial charge in [0.05, 0.1) is 0 Å². The zero-order valence-electron chi connectivity index (χ0n) is 15.1. The van der Waals surface area contributed by atoms with Crippen molar-refractivity contribution in [3.8, 4) is 0 Å². The average molecular weight is 364 g/mol. The molecule has 6 nitrogen and oxygen atoms in total.